The van der Waals surface area contributed by atoms with Gasteiger partial charge < -0.3 is 19.3 Å². The zero-order valence-electron chi connectivity index (χ0n) is 12.3. The fraction of sp³-hybridized carbons (Fsp3) is 0.800. The largest absolute Gasteiger partial charge is 0.465 e. The molecule has 2 heterocycles. The van der Waals surface area contributed by atoms with Crippen LogP contribution in [0.25, 0.3) is 0 Å². The summed E-state index contributed by atoms with van der Waals surface area (Å²) in [6.45, 7) is 6.62. The smallest absolute Gasteiger partial charge is 0.315 e. The topological polar surface area (TPSA) is 65.0 Å². The first-order valence-electron chi connectivity index (χ1n) is 7.19. The molecule has 1 N–H and O–H groups in total. The van der Waals surface area contributed by atoms with E-state index in [1.807, 2.05) is 20.8 Å². The summed E-state index contributed by atoms with van der Waals surface area (Å²) in [7, 11) is 0. The average Bonchev–Trinajstić information content (AvgIpc) is 2.92. The number of cyclic esters (lactones) is 1. The number of hydrogen-bond acceptors (Lipinski definition) is 5. The van der Waals surface area contributed by atoms with Crippen molar-refractivity contribution in [3.05, 3.63) is 11.1 Å². The van der Waals surface area contributed by atoms with Crippen molar-refractivity contribution in [2.45, 2.75) is 45.5 Å². The van der Waals surface area contributed by atoms with Gasteiger partial charge in [0.15, 0.2) is 5.79 Å². The summed E-state index contributed by atoms with van der Waals surface area (Å²) < 4.78 is 16.8. The molecule has 0 radical (unpaired) electrons. The van der Waals surface area contributed by atoms with Crippen LogP contribution in [0.4, 0.5) is 0 Å². The summed E-state index contributed by atoms with van der Waals surface area (Å²) in [6.07, 6.45) is 1.33. The van der Waals surface area contributed by atoms with Crippen LogP contribution < -0.4 is 0 Å². The molecule has 0 aromatic carbocycles. The van der Waals surface area contributed by atoms with Gasteiger partial charge in [0, 0.05) is 5.92 Å². The van der Waals surface area contributed by atoms with Crippen molar-refractivity contribution < 1.29 is 24.1 Å². The van der Waals surface area contributed by atoms with Crippen LogP contribution in [-0.2, 0) is 19.0 Å². The number of carbonyl (C=O) groups excluding carboxylic acids is 1. The normalized spacial score (nSPS) is 39.9. The number of ether oxygens (including phenoxy) is 3. The van der Waals surface area contributed by atoms with Crippen molar-refractivity contribution in [3.8, 4) is 0 Å². The number of aliphatic hydroxyl groups is 1. The fourth-order valence-corrected chi connectivity index (χ4v) is 3.73. The van der Waals surface area contributed by atoms with Gasteiger partial charge in [0.2, 0.25) is 0 Å². The Morgan fingerprint density at radius 2 is 2.10 bits per heavy atom. The number of esters is 1. The van der Waals surface area contributed by atoms with Crippen molar-refractivity contribution in [1.29, 1.82) is 0 Å². The third-order valence-corrected chi connectivity index (χ3v) is 5.00. The number of fused-ring (bicyclic) bond motifs is 1. The van der Waals surface area contributed by atoms with Crippen LogP contribution >= 0.6 is 0 Å². The molecule has 0 aromatic rings. The first-order chi connectivity index (χ1) is 9.39. The maximum absolute atomic E-state index is 12.0. The van der Waals surface area contributed by atoms with E-state index in [-0.39, 0.29) is 24.6 Å². The Morgan fingerprint density at radius 3 is 2.70 bits per heavy atom. The Bertz CT molecular complexity index is 467. The molecule has 2 saturated heterocycles. The molecule has 0 spiro atoms. The lowest BCUT2D eigenvalue weighted by molar-refractivity contribution is -0.149. The van der Waals surface area contributed by atoms with Gasteiger partial charge in [-0.1, -0.05) is 5.57 Å². The molecule has 1 aliphatic carbocycles. The summed E-state index contributed by atoms with van der Waals surface area (Å²) >= 11 is 0. The van der Waals surface area contributed by atoms with Gasteiger partial charge in [-0.15, -0.1) is 0 Å². The van der Waals surface area contributed by atoms with Gasteiger partial charge in [-0.25, -0.2) is 0 Å². The molecule has 5 heteroatoms. The summed E-state index contributed by atoms with van der Waals surface area (Å²) in [5, 5.41) is 9.70. The molecule has 0 saturated carbocycles. The van der Waals surface area contributed by atoms with Gasteiger partial charge >= 0.3 is 5.97 Å². The Morgan fingerprint density at radius 1 is 1.35 bits per heavy atom. The SMILES string of the molecule is CC1=C([C@@H]2COC(C)(C)O2)CC[C@]2(CO)C(=O)OC[C@H]12. The van der Waals surface area contributed by atoms with Crippen LogP contribution in [0.3, 0.4) is 0 Å². The van der Waals surface area contributed by atoms with Gasteiger partial charge in [-0.05, 0) is 39.2 Å². The second-order valence-electron chi connectivity index (χ2n) is 6.49. The minimum absolute atomic E-state index is 0.0314. The maximum Gasteiger partial charge on any atom is 0.315 e. The van der Waals surface area contributed by atoms with Crippen LogP contribution in [-0.4, -0.2) is 42.8 Å². The highest BCUT2D eigenvalue weighted by Crippen LogP contribution is 2.50. The van der Waals surface area contributed by atoms with E-state index in [1.165, 1.54) is 5.57 Å². The van der Waals surface area contributed by atoms with E-state index in [0.29, 0.717) is 19.6 Å². The van der Waals surface area contributed by atoms with Crippen LogP contribution in [0.1, 0.15) is 33.6 Å². The molecule has 0 aromatic heterocycles. The molecule has 0 amide bonds. The summed E-state index contributed by atoms with van der Waals surface area (Å²) in [4.78, 5) is 12.0. The highest BCUT2D eigenvalue weighted by molar-refractivity contribution is 5.80. The number of hydrogen-bond donors (Lipinski definition) is 1. The van der Waals surface area contributed by atoms with E-state index in [2.05, 4.69) is 0 Å². The van der Waals surface area contributed by atoms with E-state index < -0.39 is 11.2 Å². The van der Waals surface area contributed by atoms with Gasteiger partial charge in [0.1, 0.15) is 11.5 Å². The van der Waals surface area contributed by atoms with E-state index in [1.54, 1.807) is 0 Å². The highest BCUT2D eigenvalue weighted by atomic mass is 16.7. The Kier molecular flexibility index (Phi) is 3.19. The molecule has 3 aliphatic rings. The molecule has 5 nitrogen and oxygen atoms in total. The number of rotatable bonds is 2. The van der Waals surface area contributed by atoms with Crippen LogP contribution in [0, 0.1) is 11.3 Å². The minimum atomic E-state index is -0.734. The lowest BCUT2D eigenvalue weighted by Crippen LogP contribution is -2.41. The molecular weight excluding hydrogens is 260 g/mol. The van der Waals surface area contributed by atoms with Crippen molar-refractivity contribution >= 4 is 5.97 Å². The first-order valence-corrected chi connectivity index (χ1v) is 7.19. The Labute approximate surface area is 118 Å². The molecule has 0 unspecified atom stereocenters. The minimum Gasteiger partial charge on any atom is -0.465 e. The Hall–Kier alpha value is -0.910. The van der Waals surface area contributed by atoms with Gasteiger partial charge in [-0.2, -0.15) is 0 Å². The van der Waals surface area contributed by atoms with Crippen LogP contribution in [0.5, 0.6) is 0 Å². The lowest BCUT2D eigenvalue weighted by Gasteiger charge is -2.37. The summed E-state index contributed by atoms with van der Waals surface area (Å²) in [5.41, 5.74) is 1.60. The molecule has 2 aliphatic heterocycles. The zero-order valence-corrected chi connectivity index (χ0v) is 12.3. The predicted molar refractivity (Wildman–Crippen MR) is 70.8 cm³/mol. The van der Waals surface area contributed by atoms with Crippen molar-refractivity contribution in [3.63, 3.8) is 0 Å². The molecule has 0 bridgehead atoms. The lowest BCUT2D eigenvalue weighted by atomic mass is 9.65. The Balaban J connectivity index is 1.90. The maximum atomic E-state index is 12.0. The predicted octanol–water partition coefficient (Wildman–Crippen LogP) is 1.40. The third-order valence-electron chi connectivity index (χ3n) is 5.00. The number of aliphatic hydroxyl groups excluding tert-OH is 1. The molecule has 2 fully saturated rings. The summed E-state index contributed by atoms with van der Waals surface area (Å²) in [5.74, 6) is -0.839. The number of carbonyl (C=O) groups is 1. The van der Waals surface area contributed by atoms with Crippen molar-refractivity contribution in [1.82, 2.24) is 0 Å². The second kappa shape index (κ2) is 4.55. The zero-order chi connectivity index (χ0) is 14.5. The monoisotopic (exact) mass is 282 g/mol. The standard InChI is InChI=1S/C15H22O5/c1-9-10(12-7-19-14(2,3)20-12)4-5-15(8-16)11(9)6-18-13(15)17/h11-12,16H,4-8H2,1-3H3/t11-,12+,15-/m1/s1. The average molecular weight is 282 g/mol. The van der Waals surface area contributed by atoms with Crippen molar-refractivity contribution in [2.75, 3.05) is 19.8 Å². The first kappa shape index (κ1) is 14.0. The van der Waals surface area contributed by atoms with Crippen LogP contribution in [0.15, 0.2) is 11.1 Å². The van der Waals surface area contributed by atoms with E-state index in [9.17, 15) is 9.90 Å². The molecule has 3 atom stereocenters. The molecular formula is C15H22O5. The highest BCUT2D eigenvalue weighted by Gasteiger charge is 2.55. The van der Waals surface area contributed by atoms with E-state index in [4.69, 9.17) is 14.2 Å². The fourth-order valence-electron chi connectivity index (χ4n) is 3.73. The molecule has 3 rings (SSSR count). The summed E-state index contributed by atoms with van der Waals surface area (Å²) in [6, 6.07) is 0. The van der Waals surface area contributed by atoms with E-state index >= 15 is 0 Å². The second-order valence-corrected chi connectivity index (χ2v) is 6.49. The van der Waals surface area contributed by atoms with E-state index in [0.717, 1.165) is 12.0 Å². The molecule has 112 valence electrons. The third kappa shape index (κ3) is 1.91. The van der Waals surface area contributed by atoms with Gasteiger partial charge in [0.05, 0.1) is 19.8 Å². The van der Waals surface area contributed by atoms with Gasteiger partial charge in [-0.3, -0.25) is 4.79 Å². The van der Waals surface area contributed by atoms with Gasteiger partial charge in [0.25, 0.3) is 0 Å². The van der Waals surface area contributed by atoms with Crippen molar-refractivity contribution in [2.24, 2.45) is 11.3 Å². The quantitative estimate of drug-likeness (QED) is 0.612. The molecule has 20 heavy (non-hydrogen) atoms. The van der Waals surface area contributed by atoms with Crippen LogP contribution in [0.2, 0.25) is 0 Å².